The molecule has 168 valence electrons. The van der Waals surface area contributed by atoms with E-state index in [0.717, 1.165) is 56.0 Å². The summed E-state index contributed by atoms with van der Waals surface area (Å²) in [6, 6.07) is 11.7. The lowest BCUT2D eigenvalue weighted by Gasteiger charge is -2.23. The van der Waals surface area contributed by atoms with Gasteiger partial charge in [0.1, 0.15) is 5.82 Å². The van der Waals surface area contributed by atoms with Crippen LogP contribution in [0.1, 0.15) is 37.3 Å². The van der Waals surface area contributed by atoms with E-state index in [1.807, 2.05) is 42.6 Å². The van der Waals surface area contributed by atoms with Crippen molar-refractivity contribution >= 4 is 11.8 Å². The highest BCUT2D eigenvalue weighted by molar-refractivity contribution is 5.45. The van der Waals surface area contributed by atoms with Crippen LogP contribution in [0.3, 0.4) is 0 Å². The van der Waals surface area contributed by atoms with Crippen LogP contribution in [0.25, 0.3) is 0 Å². The average Bonchev–Trinajstić information content (AvgIpc) is 3.28. The highest BCUT2D eigenvalue weighted by Crippen LogP contribution is 2.32. The second kappa shape index (κ2) is 10.7. The normalized spacial score (nSPS) is 12.0. The molecule has 1 aromatic carbocycles. The van der Waals surface area contributed by atoms with Gasteiger partial charge in [0.25, 0.3) is 5.56 Å². The second-order valence-corrected chi connectivity index (χ2v) is 7.76. The number of rotatable bonds is 11. The van der Waals surface area contributed by atoms with Crippen LogP contribution in [0.2, 0.25) is 0 Å². The Morgan fingerprint density at radius 2 is 2.00 bits per heavy atom. The zero-order valence-electron chi connectivity index (χ0n) is 18.3. The second-order valence-electron chi connectivity index (χ2n) is 7.76. The summed E-state index contributed by atoms with van der Waals surface area (Å²) in [7, 11) is 0. The smallest absolute Gasteiger partial charge is 0.255 e. The van der Waals surface area contributed by atoms with Crippen LogP contribution in [-0.2, 0) is 6.42 Å². The van der Waals surface area contributed by atoms with Crippen LogP contribution < -0.4 is 25.2 Å². The summed E-state index contributed by atoms with van der Waals surface area (Å²) in [6.45, 7) is 5.10. The van der Waals surface area contributed by atoms with E-state index < -0.39 is 0 Å². The van der Waals surface area contributed by atoms with Gasteiger partial charge < -0.3 is 19.7 Å². The molecule has 8 heteroatoms. The zero-order valence-corrected chi connectivity index (χ0v) is 18.3. The molecule has 0 saturated carbocycles. The van der Waals surface area contributed by atoms with Crippen LogP contribution in [0, 0.1) is 0 Å². The Hall–Kier alpha value is -3.55. The largest absolute Gasteiger partial charge is 0.454 e. The van der Waals surface area contributed by atoms with E-state index in [9.17, 15) is 4.79 Å². The summed E-state index contributed by atoms with van der Waals surface area (Å²) in [5.41, 5.74) is 1.45. The van der Waals surface area contributed by atoms with Crippen molar-refractivity contribution in [1.29, 1.82) is 0 Å². The quantitative estimate of drug-likeness (QED) is 0.445. The van der Waals surface area contributed by atoms with Gasteiger partial charge in [-0.3, -0.25) is 9.78 Å². The third-order valence-electron chi connectivity index (χ3n) is 5.32. The molecule has 0 spiro atoms. The van der Waals surface area contributed by atoms with Gasteiger partial charge in [-0.1, -0.05) is 19.1 Å². The number of anilines is 2. The molecule has 4 rings (SSSR count). The van der Waals surface area contributed by atoms with Crippen LogP contribution >= 0.6 is 0 Å². The molecule has 3 heterocycles. The lowest BCUT2D eigenvalue weighted by Crippen LogP contribution is -2.26. The Kier molecular flexibility index (Phi) is 7.22. The van der Waals surface area contributed by atoms with Gasteiger partial charge in [-0.25, -0.2) is 9.97 Å². The molecule has 1 aliphatic heterocycles. The molecule has 0 fully saturated rings. The van der Waals surface area contributed by atoms with Crippen molar-refractivity contribution in [1.82, 2.24) is 15.0 Å². The van der Waals surface area contributed by atoms with Crippen LogP contribution in [0.5, 0.6) is 11.5 Å². The van der Waals surface area contributed by atoms with E-state index >= 15 is 0 Å². The number of H-pyrrole nitrogens is 1. The number of benzene rings is 1. The van der Waals surface area contributed by atoms with Crippen LogP contribution in [0.4, 0.5) is 11.8 Å². The summed E-state index contributed by atoms with van der Waals surface area (Å²) >= 11 is 0. The monoisotopic (exact) mass is 435 g/mol. The number of hydrogen-bond acceptors (Lipinski definition) is 7. The number of unbranched alkanes of at least 4 members (excludes halogenated alkanes) is 1. The van der Waals surface area contributed by atoms with Crippen molar-refractivity contribution in [2.75, 3.05) is 36.6 Å². The Morgan fingerprint density at radius 3 is 2.81 bits per heavy atom. The van der Waals surface area contributed by atoms with E-state index in [1.54, 1.807) is 6.20 Å². The van der Waals surface area contributed by atoms with Gasteiger partial charge in [0, 0.05) is 44.0 Å². The molecule has 32 heavy (non-hydrogen) atoms. The number of nitrogens with one attached hydrogen (secondary N) is 2. The summed E-state index contributed by atoms with van der Waals surface area (Å²) in [5.74, 6) is 2.97. The van der Waals surface area contributed by atoms with E-state index in [4.69, 9.17) is 9.47 Å². The molecule has 0 unspecified atom stereocenters. The highest BCUT2D eigenvalue weighted by atomic mass is 16.7. The number of nitrogens with zero attached hydrogens (tertiary/aromatic N) is 3. The fourth-order valence-corrected chi connectivity index (χ4v) is 3.69. The number of pyridine rings is 1. The number of ether oxygens (including phenoxy) is 2. The minimum absolute atomic E-state index is 0.135. The van der Waals surface area contributed by atoms with E-state index in [1.165, 1.54) is 0 Å². The van der Waals surface area contributed by atoms with Crippen molar-refractivity contribution in [3.05, 3.63) is 70.3 Å². The van der Waals surface area contributed by atoms with Crippen LogP contribution in [0.15, 0.2) is 53.6 Å². The molecule has 0 saturated heterocycles. The molecule has 1 aliphatic rings. The van der Waals surface area contributed by atoms with Gasteiger partial charge in [-0.05, 0) is 49.1 Å². The zero-order chi connectivity index (χ0) is 22.2. The number of aromatic nitrogens is 3. The van der Waals surface area contributed by atoms with Gasteiger partial charge in [-0.2, -0.15) is 0 Å². The third-order valence-corrected chi connectivity index (χ3v) is 5.32. The Bertz CT molecular complexity index is 1070. The molecule has 0 bridgehead atoms. The number of hydrogen-bond donors (Lipinski definition) is 2. The van der Waals surface area contributed by atoms with Gasteiger partial charge in [0.15, 0.2) is 11.5 Å². The summed E-state index contributed by atoms with van der Waals surface area (Å²) in [4.78, 5) is 26.5. The predicted octanol–water partition coefficient (Wildman–Crippen LogP) is 3.59. The molecule has 8 nitrogen and oxygen atoms in total. The lowest BCUT2D eigenvalue weighted by molar-refractivity contribution is 0.174. The predicted molar refractivity (Wildman–Crippen MR) is 125 cm³/mol. The molecule has 0 atom stereocenters. The van der Waals surface area contributed by atoms with Crippen molar-refractivity contribution in [3.63, 3.8) is 0 Å². The Balaban J connectivity index is 1.24. The third kappa shape index (κ3) is 5.57. The minimum atomic E-state index is -0.135. The Morgan fingerprint density at radius 1 is 1.09 bits per heavy atom. The van der Waals surface area contributed by atoms with Gasteiger partial charge in [0.2, 0.25) is 12.7 Å². The lowest BCUT2D eigenvalue weighted by atomic mass is 10.1. The van der Waals surface area contributed by atoms with E-state index in [-0.39, 0.29) is 12.4 Å². The highest BCUT2D eigenvalue weighted by Gasteiger charge is 2.14. The van der Waals surface area contributed by atoms with Crippen molar-refractivity contribution in [2.45, 2.75) is 32.6 Å². The van der Waals surface area contributed by atoms with Crippen molar-refractivity contribution < 1.29 is 9.47 Å². The van der Waals surface area contributed by atoms with Crippen molar-refractivity contribution in [2.24, 2.45) is 0 Å². The molecule has 0 amide bonds. The SMILES string of the molecule is CCCN(CCCCNc1ncc(Cc2ccc3c(c2)OCO3)c(=O)[nH]1)c1ccccn1. The first-order valence-electron chi connectivity index (χ1n) is 11.1. The van der Waals surface area contributed by atoms with Gasteiger partial charge in [-0.15, -0.1) is 0 Å². The minimum Gasteiger partial charge on any atom is -0.454 e. The first-order chi connectivity index (χ1) is 15.7. The molecular weight excluding hydrogens is 406 g/mol. The van der Waals surface area contributed by atoms with Crippen LogP contribution in [-0.4, -0.2) is 41.4 Å². The average molecular weight is 436 g/mol. The van der Waals surface area contributed by atoms with Crippen molar-refractivity contribution in [3.8, 4) is 11.5 Å². The fourth-order valence-electron chi connectivity index (χ4n) is 3.69. The molecule has 2 N–H and O–H groups in total. The van der Waals surface area contributed by atoms with E-state index in [0.29, 0.717) is 23.7 Å². The molecule has 0 radical (unpaired) electrons. The number of fused-ring (bicyclic) bond motifs is 1. The maximum Gasteiger partial charge on any atom is 0.255 e. The molecule has 3 aromatic rings. The summed E-state index contributed by atoms with van der Waals surface area (Å²) in [5, 5.41) is 3.22. The van der Waals surface area contributed by atoms with Gasteiger partial charge >= 0.3 is 0 Å². The number of aromatic amines is 1. The standard InChI is InChI=1S/C24H29N5O3/c1-2-12-29(22-7-3-4-10-25-22)13-6-5-11-26-24-27-16-19(23(30)28-24)14-18-8-9-20-21(15-18)32-17-31-20/h3-4,7-10,15-16H,2,5-6,11-14,17H2,1H3,(H2,26,27,28,30). The maximum absolute atomic E-state index is 12.5. The topological polar surface area (TPSA) is 92.4 Å². The summed E-state index contributed by atoms with van der Waals surface area (Å²) < 4.78 is 10.7. The first kappa shape index (κ1) is 21.7. The fraction of sp³-hybridized carbons (Fsp3) is 0.375. The molecular formula is C24H29N5O3. The summed E-state index contributed by atoms with van der Waals surface area (Å²) in [6.07, 6.45) is 7.03. The maximum atomic E-state index is 12.5. The van der Waals surface area contributed by atoms with Gasteiger partial charge in [0.05, 0.1) is 0 Å². The first-order valence-corrected chi connectivity index (χ1v) is 11.1. The molecule has 0 aliphatic carbocycles. The molecule has 2 aromatic heterocycles. The Labute approximate surface area is 187 Å². The van der Waals surface area contributed by atoms with E-state index in [2.05, 4.69) is 32.1 Å².